The SMILES string of the molecule is Cc1ccc2c(c1)S(=O)(=O)N1c3ccccc3CC1C2. The van der Waals surface area contributed by atoms with Gasteiger partial charge in [-0.2, -0.15) is 0 Å². The Hall–Kier alpha value is -1.81. The zero-order valence-electron chi connectivity index (χ0n) is 11.2. The highest BCUT2D eigenvalue weighted by Gasteiger charge is 2.43. The van der Waals surface area contributed by atoms with E-state index in [9.17, 15) is 8.42 Å². The number of sulfonamides is 1. The first-order valence-corrected chi connectivity index (χ1v) is 8.23. The predicted octanol–water partition coefficient (Wildman–Crippen LogP) is 2.67. The van der Waals surface area contributed by atoms with Gasteiger partial charge in [0.1, 0.15) is 0 Å². The van der Waals surface area contributed by atoms with Crippen LogP contribution in [-0.4, -0.2) is 14.5 Å². The lowest BCUT2D eigenvalue weighted by atomic mass is 10.0. The smallest absolute Gasteiger partial charge is 0.262 e. The molecule has 0 aromatic heterocycles. The van der Waals surface area contributed by atoms with Gasteiger partial charge in [-0.25, -0.2) is 8.42 Å². The molecule has 0 amide bonds. The second-order valence-corrected chi connectivity index (χ2v) is 7.39. The lowest BCUT2D eigenvalue weighted by Gasteiger charge is -2.33. The van der Waals surface area contributed by atoms with Crippen molar-refractivity contribution in [2.24, 2.45) is 0 Å². The molecule has 0 fully saturated rings. The highest BCUT2D eigenvalue weighted by atomic mass is 32.2. The fraction of sp³-hybridized carbons (Fsp3) is 0.250. The van der Waals surface area contributed by atoms with Gasteiger partial charge in [-0.05, 0) is 48.6 Å². The van der Waals surface area contributed by atoms with Crippen LogP contribution < -0.4 is 4.31 Å². The number of nitrogens with zero attached hydrogens (tertiary/aromatic N) is 1. The van der Waals surface area contributed by atoms with Gasteiger partial charge < -0.3 is 0 Å². The molecule has 3 nitrogen and oxygen atoms in total. The molecule has 0 radical (unpaired) electrons. The van der Waals surface area contributed by atoms with Crippen LogP contribution in [0.15, 0.2) is 47.4 Å². The summed E-state index contributed by atoms with van der Waals surface area (Å²) in [4.78, 5) is 0.477. The fourth-order valence-corrected chi connectivity index (χ4v) is 5.35. The Morgan fingerprint density at radius 2 is 1.80 bits per heavy atom. The van der Waals surface area contributed by atoms with Gasteiger partial charge in [-0.3, -0.25) is 4.31 Å². The Morgan fingerprint density at radius 3 is 2.65 bits per heavy atom. The van der Waals surface area contributed by atoms with E-state index >= 15 is 0 Å². The quantitative estimate of drug-likeness (QED) is 0.746. The van der Waals surface area contributed by atoms with Gasteiger partial charge >= 0.3 is 0 Å². The van der Waals surface area contributed by atoms with E-state index in [1.54, 1.807) is 10.4 Å². The summed E-state index contributed by atoms with van der Waals surface area (Å²) >= 11 is 0. The summed E-state index contributed by atoms with van der Waals surface area (Å²) in [6, 6.07) is 13.6. The Morgan fingerprint density at radius 1 is 1.05 bits per heavy atom. The number of fused-ring (bicyclic) bond motifs is 4. The number of rotatable bonds is 0. The van der Waals surface area contributed by atoms with Crippen molar-refractivity contribution in [2.75, 3.05) is 4.31 Å². The van der Waals surface area contributed by atoms with Crippen LogP contribution >= 0.6 is 0 Å². The van der Waals surface area contributed by atoms with E-state index in [2.05, 4.69) is 0 Å². The summed E-state index contributed by atoms with van der Waals surface area (Å²) in [5, 5.41) is 0. The van der Waals surface area contributed by atoms with E-state index in [1.165, 1.54) is 0 Å². The summed E-state index contributed by atoms with van der Waals surface area (Å²) < 4.78 is 27.5. The molecule has 0 aliphatic carbocycles. The third-order valence-electron chi connectivity index (χ3n) is 4.23. The first-order valence-electron chi connectivity index (χ1n) is 6.79. The molecule has 4 rings (SSSR count). The molecule has 0 bridgehead atoms. The van der Waals surface area contributed by atoms with Crippen molar-refractivity contribution in [3.05, 3.63) is 59.2 Å². The van der Waals surface area contributed by atoms with E-state index in [0.717, 1.165) is 35.2 Å². The molecule has 2 aliphatic heterocycles. The van der Waals surface area contributed by atoms with Gasteiger partial charge in [0.15, 0.2) is 0 Å². The molecule has 2 heterocycles. The van der Waals surface area contributed by atoms with Crippen LogP contribution in [0.1, 0.15) is 16.7 Å². The van der Waals surface area contributed by atoms with E-state index in [0.29, 0.717) is 4.90 Å². The van der Waals surface area contributed by atoms with Gasteiger partial charge in [-0.15, -0.1) is 0 Å². The van der Waals surface area contributed by atoms with Crippen molar-refractivity contribution >= 4 is 15.7 Å². The molecule has 1 atom stereocenters. The molecule has 0 N–H and O–H groups in total. The van der Waals surface area contributed by atoms with E-state index < -0.39 is 10.0 Å². The van der Waals surface area contributed by atoms with E-state index in [-0.39, 0.29) is 6.04 Å². The zero-order chi connectivity index (χ0) is 13.9. The average molecular weight is 285 g/mol. The van der Waals surface area contributed by atoms with Crippen LogP contribution in [0.3, 0.4) is 0 Å². The third-order valence-corrected chi connectivity index (χ3v) is 6.18. The Balaban J connectivity index is 1.96. The molecule has 20 heavy (non-hydrogen) atoms. The standard InChI is InChI=1S/C16H15NO2S/c1-11-6-7-13-10-14-9-12-4-2-3-5-15(12)17(14)20(18,19)16(13)8-11/h2-8,14H,9-10H2,1H3. The molecule has 0 saturated heterocycles. The van der Waals surface area contributed by atoms with E-state index in [4.69, 9.17) is 0 Å². The summed E-state index contributed by atoms with van der Waals surface area (Å²) in [6.45, 7) is 1.93. The van der Waals surface area contributed by atoms with Crippen molar-refractivity contribution in [3.63, 3.8) is 0 Å². The van der Waals surface area contributed by atoms with Gasteiger partial charge in [-0.1, -0.05) is 30.3 Å². The molecule has 2 aromatic rings. The number of anilines is 1. The van der Waals surface area contributed by atoms with Crippen LogP contribution in [0.5, 0.6) is 0 Å². The molecular formula is C16H15NO2S. The van der Waals surface area contributed by atoms with E-state index in [1.807, 2.05) is 43.3 Å². The maximum absolute atomic E-state index is 12.9. The average Bonchev–Trinajstić information content (AvgIpc) is 2.79. The Kier molecular flexibility index (Phi) is 2.31. The highest BCUT2D eigenvalue weighted by Crippen LogP contribution is 2.42. The molecule has 2 aromatic carbocycles. The first-order chi connectivity index (χ1) is 9.57. The number of hydrogen-bond acceptors (Lipinski definition) is 2. The lowest BCUT2D eigenvalue weighted by molar-refractivity contribution is 0.564. The third kappa shape index (κ3) is 1.48. The fourth-order valence-electron chi connectivity index (χ4n) is 3.34. The Labute approximate surface area is 118 Å². The predicted molar refractivity (Wildman–Crippen MR) is 78.5 cm³/mol. The van der Waals surface area contributed by atoms with Crippen LogP contribution in [0.25, 0.3) is 0 Å². The minimum atomic E-state index is -3.42. The van der Waals surface area contributed by atoms with Crippen LogP contribution in [0, 0.1) is 6.92 Å². The van der Waals surface area contributed by atoms with Crippen molar-refractivity contribution < 1.29 is 8.42 Å². The monoisotopic (exact) mass is 285 g/mol. The van der Waals surface area contributed by atoms with Gasteiger partial charge in [0.25, 0.3) is 10.0 Å². The summed E-state index contributed by atoms with van der Waals surface area (Å²) in [7, 11) is -3.42. The number of benzene rings is 2. The van der Waals surface area contributed by atoms with Crippen molar-refractivity contribution in [3.8, 4) is 0 Å². The molecule has 102 valence electrons. The second kappa shape index (κ2) is 3.85. The van der Waals surface area contributed by atoms with Crippen LogP contribution in [0.4, 0.5) is 5.69 Å². The number of hydrogen-bond donors (Lipinski definition) is 0. The second-order valence-electron chi connectivity index (χ2n) is 5.60. The van der Waals surface area contributed by atoms with Gasteiger partial charge in [0.2, 0.25) is 0 Å². The summed E-state index contributed by atoms with van der Waals surface area (Å²) in [6.07, 6.45) is 1.60. The minimum Gasteiger partial charge on any atom is -0.262 e. The lowest BCUT2D eigenvalue weighted by Crippen LogP contribution is -2.43. The molecular weight excluding hydrogens is 270 g/mol. The molecule has 4 heteroatoms. The zero-order valence-corrected chi connectivity index (χ0v) is 12.0. The van der Waals surface area contributed by atoms with Crippen LogP contribution in [-0.2, 0) is 22.9 Å². The molecule has 2 aliphatic rings. The molecule has 0 saturated carbocycles. The Bertz CT molecular complexity index is 811. The summed E-state index contributed by atoms with van der Waals surface area (Å²) in [5.74, 6) is 0. The number of aryl methyl sites for hydroxylation is 1. The van der Waals surface area contributed by atoms with Crippen molar-refractivity contribution in [1.29, 1.82) is 0 Å². The van der Waals surface area contributed by atoms with Crippen molar-refractivity contribution in [1.82, 2.24) is 0 Å². The minimum absolute atomic E-state index is 0.0348. The first kappa shape index (κ1) is 12.0. The van der Waals surface area contributed by atoms with Gasteiger partial charge in [0.05, 0.1) is 16.6 Å². The highest BCUT2D eigenvalue weighted by molar-refractivity contribution is 7.93. The maximum atomic E-state index is 12.9. The largest absolute Gasteiger partial charge is 0.264 e. The van der Waals surface area contributed by atoms with Crippen molar-refractivity contribution in [2.45, 2.75) is 30.7 Å². The molecule has 1 unspecified atom stereocenters. The topological polar surface area (TPSA) is 37.4 Å². The maximum Gasteiger partial charge on any atom is 0.264 e. The summed E-state index contributed by atoms with van der Waals surface area (Å²) in [5.41, 5.74) is 3.91. The normalized spacial score (nSPS) is 22.1. The van der Waals surface area contributed by atoms with Crippen LogP contribution in [0.2, 0.25) is 0 Å². The van der Waals surface area contributed by atoms with Gasteiger partial charge in [0, 0.05) is 0 Å². The molecule has 0 spiro atoms. The number of para-hydroxylation sites is 1.